The lowest BCUT2D eigenvalue weighted by Crippen LogP contribution is -2.23. The molecule has 1 aliphatic rings. The Balaban J connectivity index is 1.94. The van der Waals surface area contributed by atoms with Gasteiger partial charge in [-0.1, -0.05) is 0 Å². The van der Waals surface area contributed by atoms with E-state index in [1.807, 2.05) is 13.0 Å². The average Bonchev–Trinajstić information content (AvgIpc) is 2.68. The van der Waals surface area contributed by atoms with Gasteiger partial charge < -0.3 is 10.1 Å². The van der Waals surface area contributed by atoms with Gasteiger partial charge in [-0.3, -0.25) is 4.79 Å². The van der Waals surface area contributed by atoms with Gasteiger partial charge in [0, 0.05) is 9.77 Å². The third-order valence-electron chi connectivity index (χ3n) is 2.55. The van der Waals surface area contributed by atoms with Crippen molar-refractivity contribution in [3.8, 4) is 0 Å². The molecule has 0 aromatic carbocycles. The van der Waals surface area contributed by atoms with E-state index < -0.39 is 0 Å². The van der Waals surface area contributed by atoms with E-state index in [1.165, 1.54) is 0 Å². The predicted molar refractivity (Wildman–Crippen MR) is 69.1 cm³/mol. The van der Waals surface area contributed by atoms with Crippen LogP contribution in [0.15, 0.2) is 18.3 Å². The summed E-state index contributed by atoms with van der Waals surface area (Å²) in [7, 11) is 0. The predicted octanol–water partition coefficient (Wildman–Crippen LogP) is 2.05. The fourth-order valence-corrected chi connectivity index (χ4v) is 2.00. The van der Waals surface area contributed by atoms with Crippen LogP contribution in [0.25, 0.3) is 0 Å². The lowest BCUT2D eigenvalue weighted by atomic mass is 10.1. The third kappa shape index (κ3) is 2.91. The molecule has 0 spiro atoms. The summed E-state index contributed by atoms with van der Waals surface area (Å²) in [6.45, 7) is 2.49. The number of nitrogens with zero attached hydrogens (tertiary/aromatic N) is 1. The molecule has 1 fully saturated rings. The molecule has 4 nitrogen and oxygen atoms in total. The highest BCUT2D eigenvalue weighted by Gasteiger charge is 2.28. The fraction of sp³-hybridized carbons (Fsp3) is 0.455. The van der Waals surface area contributed by atoms with Crippen LogP contribution in [-0.2, 0) is 9.53 Å². The van der Waals surface area contributed by atoms with E-state index in [0.29, 0.717) is 12.4 Å². The van der Waals surface area contributed by atoms with Crippen molar-refractivity contribution in [2.24, 2.45) is 5.92 Å². The molecule has 0 radical (unpaired) electrons. The van der Waals surface area contributed by atoms with Crippen LogP contribution in [0, 0.1) is 9.49 Å². The first-order valence-electron chi connectivity index (χ1n) is 5.19. The molecular formula is C11H13IN2O2. The first kappa shape index (κ1) is 11.8. The van der Waals surface area contributed by atoms with Gasteiger partial charge in [0.05, 0.1) is 18.6 Å². The molecule has 0 aliphatic carbocycles. The Bertz CT molecular complexity index is 380. The number of pyridine rings is 1. The summed E-state index contributed by atoms with van der Waals surface area (Å²) in [5.41, 5.74) is 0. The summed E-state index contributed by atoms with van der Waals surface area (Å²) in [6, 6.07) is 3.72. The standard InChI is InChI=1S/C11H13IN2O2/c1-7-4-8(6-16-7)11(15)14-10-3-2-9(12)5-13-10/h2-3,5,7-8H,4,6H2,1H3,(H,13,14,15). The molecule has 1 aromatic rings. The first-order chi connectivity index (χ1) is 7.65. The summed E-state index contributed by atoms with van der Waals surface area (Å²) < 4.78 is 6.41. The van der Waals surface area contributed by atoms with Crippen molar-refractivity contribution >= 4 is 34.3 Å². The lowest BCUT2D eigenvalue weighted by Gasteiger charge is -2.08. The maximum absolute atomic E-state index is 11.8. The molecule has 2 heterocycles. The number of aromatic nitrogens is 1. The van der Waals surface area contributed by atoms with Gasteiger partial charge in [-0.05, 0) is 48.1 Å². The Labute approximate surface area is 108 Å². The molecular weight excluding hydrogens is 319 g/mol. The van der Waals surface area contributed by atoms with Gasteiger partial charge in [-0.25, -0.2) is 4.98 Å². The van der Waals surface area contributed by atoms with Crippen molar-refractivity contribution in [2.75, 3.05) is 11.9 Å². The number of anilines is 1. The number of hydrogen-bond acceptors (Lipinski definition) is 3. The number of amides is 1. The summed E-state index contributed by atoms with van der Waals surface area (Å²) in [6.07, 6.45) is 2.69. The summed E-state index contributed by atoms with van der Waals surface area (Å²) in [5.74, 6) is 0.555. The maximum Gasteiger partial charge on any atom is 0.231 e. The van der Waals surface area contributed by atoms with E-state index >= 15 is 0 Å². The highest BCUT2D eigenvalue weighted by Crippen LogP contribution is 2.20. The minimum atomic E-state index is -0.0453. The monoisotopic (exact) mass is 332 g/mol. The zero-order valence-electron chi connectivity index (χ0n) is 8.94. The number of carbonyl (C=O) groups excluding carboxylic acids is 1. The van der Waals surface area contributed by atoms with Crippen LogP contribution in [0.1, 0.15) is 13.3 Å². The Hall–Kier alpha value is -0.690. The largest absolute Gasteiger partial charge is 0.378 e. The quantitative estimate of drug-likeness (QED) is 0.844. The second-order valence-electron chi connectivity index (χ2n) is 3.93. The number of nitrogens with one attached hydrogen (secondary N) is 1. The van der Waals surface area contributed by atoms with E-state index in [2.05, 4.69) is 32.9 Å². The number of carbonyl (C=O) groups is 1. The minimum Gasteiger partial charge on any atom is -0.378 e. The number of hydrogen-bond donors (Lipinski definition) is 1. The van der Waals surface area contributed by atoms with Crippen molar-refractivity contribution in [1.29, 1.82) is 0 Å². The van der Waals surface area contributed by atoms with Gasteiger partial charge >= 0.3 is 0 Å². The Morgan fingerprint density at radius 2 is 2.44 bits per heavy atom. The van der Waals surface area contributed by atoms with Crippen LogP contribution >= 0.6 is 22.6 Å². The first-order valence-corrected chi connectivity index (χ1v) is 6.27. The summed E-state index contributed by atoms with van der Waals surface area (Å²) in [4.78, 5) is 15.9. The zero-order valence-corrected chi connectivity index (χ0v) is 11.1. The highest BCUT2D eigenvalue weighted by molar-refractivity contribution is 14.1. The molecule has 1 N–H and O–H groups in total. The summed E-state index contributed by atoms with van der Waals surface area (Å²) >= 11 is 2.18. The Morgan fingerprint density at radius 3 is 3.00 bits per heavy atom. The maximum atomic E-state index is 11.8. The van der Waals surface area contributed by atoms with Gasteiger partial charge in [0.15, 0.2) is 0 Å². The van der Waals surface area contributed by atoms with E-state index in [0.717, 1.165) is 9.99 Å². The molecule has 1 amide bonds. The highest BCUT2D eigenvalue weighted by atomic mass is 127. The van der Waals surface area contributed by atoms with Crippen LogP contribution in [-0.4, -0.2) is 23.6 Å². The normalized spacial score (nSPS) is 24.4. The van der Waals surface area contributed by atoms with Crippen molar-refractivity contribution in [2.45, 2.75) is 19.4 Å². The zero-order chi connectivity index (χ0) is 11.5. The number of halogens is 1. The fourth-order valence-electron chi connectivity index (χ4n) is 1.68. The molecule has 2 atom stereocenters. The summed E-state index contributed by atoms with van der Waals surface area (Å²) in [5, 5.41) is 2.80. The molecule has 2 unspecified atom stereocenters. The molecule has 86 valence electrons. The molecule has 1 aromatic heterocycles. The Kier molecular flexibility index (Phi) is 3.75. The average molecular weight is 332 g/mol. The van der Waals surface area contributed by atoms with E-state index in [4.69, 9.17) is 4.74 Å². The van der Waals surface area contributed by atoms with Gasteiger partial charge in [0.25, 0.3) is 0 Å². The van der Waals surface area contributed by atoms with Crippen molar-refractivity contribution in [1.82, 2.24) is 4.98 Å². The molecule has 2 rings (SSSR count). The topological polar surface area (TPSA) is 51.2 Å². The molecule has 16 heavy (non-hydrogen) atoms. The molecule has 1 saturated heterocycles. The lowest BCUT2D eigenvalue weighted by molar-refractivity contribution is -0.119. The van der Waals surface area contributed by atoms with Crippen LogP contribution in [0.3, 0.4) is 0 Å². The van der Waals surface area contributed by atoms with Crippen molar-refractivity contribution in [3.05, 3.63) is 21.9 Å². The van der Waals surface area contributed by atoms with Crippen LogP contribution in [0.2, 0.25) is 0 Å². The molecule has 0 saturated carbocycles. The van der Waals surface area contributed by atoms with E-state index in [9.17, 15) is 4.79 Å². The molecule has 1 aliphatic heterocycles. The van der Waals surface area contributed by atoms with Crippen LogP contribution in [0.5, 0.6) is 0 Å². The smallest absolute Gasteiger partial charge is 0.231 e. The Morgan fingerprint density at radius 1 is 1.62 bits per heavy atom. The van der Waals surface area contributed by atoms with Gasteiger partial charge in [0.2, 0.25) is 5.91 Å². The second-order valence-corrected chi connectivity index (χ2v) is 5.17. The minimum absolute atomic E-state index is 0.00180. The van der Waals surface area contributed by atoms with Gasteiger partial charge in [-0.15, -0.1) is 0 Å². The second kappa shape index (κ2) is 5.09. The van der Waals surface area contributed by atoms with Crippen LogP contribution in [0.4, 0.5) is 5.82 Å². The number of rotatable bonds is 2. The van der Waals surface area contributed by atoms with Gasteiger partial charge in [0.1, 0.15) is 5.82 Å². The van der Waals surface area contributed by atoms with E-state index in [-0.39, 0.29) is 17.9 Å². The van der Waals surface area contributed by atoms with Gasteiger partial charge in [-0.2, -0.15) is 0 Å². The SMILES string of the molecule is CC1CC(C(=O)Nc2ccc(I)cn2)CO1. The van der Waals surface area contributed by atoms with Crippen molar-refractivity contribution in [3.63, 3.8) is 0 Å². The molecule has 5 heteroatoms. The number of ether oxygens (including phenoxy) is 1. The third-order valence-corrected chi connectivity index (χ3v) is 3.19. The van der Waals surface area contributed by atoms with Crippen molar-refractivity contribution < 1.29 is 9.53 Å². The van der Waals surface area contributed by atoms with Crippen LogP contribution < -0.4 is 5.32 Å². The van der Waals surface area contributed by atoms with E-state index in [1.54, 1.807) is 12.3 Å². The molecule has 0 bridgehead atoms.